The summed E-state index contributed by atoms with van der Waals surface area (Å²) in [6.45, 7) is 3.27. The molecule has 2 rings (SSSR count). The molecule has 2 nitrogen and oxygen atoms in total. The molecule has 0 heterocycles. The standard InChI is InChI=1S/C13H25NO/c1-11(12-5-6-12)14-13(9-10-15-2)7-3-4-8-13/h11-12,14H,3-10H2,1-2H3. The fourth-order valence-corrected chi connectivity index (χ4v) is 3.01. The van der Waals surface area contributed by atoms with E-state index in [1.165, 1.54) is 44.9 Å². The Morgan fingerprint density at radius 2 is 2.00 bits per heavy atom. The first kappa shape index (κ1) is 11.4. The maximum absolute atomic E-state index is 5.25. The van der Waals surface area contributed by atoms with Crippen LogP contribution in [0.3, 0.4) is 0 Å². The van der Waals surface area contributed by atoms with Crippen LogP contribution >= 0.6 is 0 Å². The highest BCUT2D eigenvalue weighted by atomic mass is 16.5. The topological polar surface area (TPSA) is 21.3 Å². The Balaban J connectivity index is 1.86. The van der Waals surface area contributed by atoms with Gasteiger partial charge in [-0.3, -0.25) is 0 Å². The van der Waals surface area contributed by atoms with Gasteiger partial charge in [-0.1, -0.05) is 12.8 Å². The molecule has 2 aliphatic carbocycles. The van der Waals surface area contributed by atoms with Crippen LogP contribution < -0.4 is 5.32 Å². The van der Waals surface area contributed by atoms with Gasteiger partial charge in [0.05, 0.1) is 0 Å². The van der Waals surface area contributed by atoms with Crippen LogP contribution in [-0.2, 0) is 4.74 Å². The minimum absolute atomic E-state index is 0.415. The lowest BCUT2D eigenvalue weighted by Crippen LogP contribution is -2.49. The molecule has 0 amide bonds. The molecule has 0 aliphatic heterocycles. The van der Waals surface area contributed by atoms with Crippen molar-refractivity contribution < 1.29 is 4.74 Å². The molecule has 15 heavy (non-hydrogen) atoms. The average molecular weight is 211 g/mol. The molecule has 2 aliphatic rings. The Morgan fingerprint density at radius 3 is 2.53 bits per heavy atom. The summed E-state index contributed by atoms with van der Waals surface area (Å²) in [7, 11) is 1.81. The number of rotatable bonds is 6. The third-order valence-corrected chi connectivity index (χ3v) is 4.21. The highest BCUT2D eigenvalue weighted by molar-refractivity contribution is 4.97. The van der Waals surface area contributed by atoms with Crippen molar-refractivity contribution in [2.75, 3.05) is 13.7 Å². The second-order valence-electron chi connectivity index (χ2n) is 5.50. The molecular formula is C13H25NO. The molecular weight excluding hydrogens is 186 g/mol. The third-order valence-electron chi connectivity index (χ3n) is 4.21. The molecule has 0 aromatic rings. The molecule has 1 N–H and O–H groups in total. The molecule has 0 bridgehead atoms. The first-order valence-electron chi connectivity index (χ1n) is 6.52. The Labute approximate surface area is 93.8 Å². The van der Waals surface area contributed by atoms with E-state index in [1.807, 2.05) is 7.11 Å². The Kier molecular flexibility index (Phi) is 3.68. The maximum atomic E-state index is 5.25. The Morgan fingerprint density at radius 1 is 1.33 bits per heavy atom. The molecule has 0 aromatic carbocycles. The van der Waals surface area contributed by atoms with E-state index in [0.717, 1.165) is 18.6 Å². The van der Waals surface area contributed by atoms with Gasteiger partial charge in [-0.05, 0) is 44.9 Å². The quantitative estimate of drug-likeness (QED) is 0.729. The van der Waals surface area contributed by atoms with E-state index in [-0.39, 0.29) is 0 Å². The summed E-state index contributed by atoms with van der Waals surface area (Å²) >= 11 is 0. The zero-order chi connectivity index (χ0) is 10.7. The summed E-state index contributed by atoms with van der Waals surface area (Å²) < 4.78 is 5.25. The minimum Gasteiger partial charge on any atom is -0.385 e. The number of nitrogens with one attached hydrogen (secondary N) is 1. The fraction of sp³-hybridized carbons (Fsp3) is 1.00. The van der Waals surface area contributed by atoms with Crippen molar-refractivity contribution in [3.63, 3.8) is 0 Å². The summed E-state index contributed by atoms with van der Waals surface area (Å²) in [6, 6.07) is 0.722. The molecule has 88 valence electrons. The van der Waals surface area contributed by atoms with Crippen molar-refractivity contribution in [2.45, 2.75) is 63.5 Å². The van der Waals surface area contributed by atoms with Gasteiger partial charge < -0.3 is 10.1 Å². The normalized spacial score (nSPS) is 26.8. The van der Waals surface area contributed by atoms with Crippen molar-refractivity contribution in [1.82, 2.24) is 5.32 Å². The number of methoxy groups -OCH3 is 1. The van der Waals surface area contributed by atoms with Gasteiger partial charge in [0.15, 0.2) is 0 Å². The van der Waals surface area contributed by atoms with Crippen molar-refractivity contribution in [3.8, 4) is 0 Å². The molecule has 1 atom stereocenters. The van der Waals surface area contributed by atoms with Crippen LogP contribution in [0, 0.1) is 5.92 Å². The second kappa shape index (κ2) is 4.84. The Hall–Kier alpha value is -0.0800. The van der Waals surface area contributed by atoms with Crippen molar-refractivity contribution in [1.29, 1.82) is 0 Å². The van der Waals surface area contributed by atoms with Crippen LogP contribution in [0.2, 0.25) is 0 Å². The smallest absolute Gasteiger partial charge is 0.0479 e. The Bertz CT molecular complexity index is 195. The monoisotopic (exact) mass is 211 g/mol. The number of hydrogen-bond donors (Lipinski definition) is 1. The summed E-state index contributed by atoms with van der Waals surface area (Å²) in [6.07, 6.45) is 9.58. The van der Waals surface area contributed by atoms with Gasteiger partial charge in [0, 0.05) is 25.3 Å². The van der Waals surface area contributed by atoms with E-state index < -0.39 is 0 Å². The van der Waals surface area contributed by atoms with Gasteiger partial charge in [-0.15, -0.1) is 0 Å². The van der Waals surface area contributed by atoms with Crippen molar-refractivity contribution >= 4 is 0 Å². The largest absolute Gasteiger partial charge is 0.385 e. The fourth-order valence-electron chi connectivity index (χ4n) is 3.01. The average Bonchev–Trinajstić information content (AvgIpc) is 2.99. The van der Waals surface area contributed by atoms with Gasteiger partial charge >= 0.3 is 0 Å². The van der Waals surface area contributed by atoms with Gasteiger partial charge in [-0.25, -0.2) is 0 Å². The number of hydrogen-bond acceptors (Lipinski definition) is 2. The summed E-state index contributed by atoms with van der Waals surface area (Å²) in [4.78, 5) is 0. The second-order valence-corrected chi connectivity index (χ2v) is 5.50. The molecule has 1 unspecified atom stereocenters. The number of ether oxygens (including phenoxy) is 1. The maximum Gasteiger partial charge on any atom is 0.0479 e. The lowest BCUT2D eigenvalue weighted by molar-refractivity contribution is 0.147. The van der Waals surface area contributed by atoms with Crippen molar-refractivity contribution in [2.24, 2.45) is 5.92 Å². The summed E-state index contributed by atoms with van der Waals surface area (Å²) in [5.41, 5.74) is 0.415. The van der Waals surface area contributed by atoms with Crippen LogP contribution in [0.1, 0.15) is 51.9 Å². The first-order chi connectivity index (χ1) is 7.26. The van der Waals surface area contributed by atoms with Crippen LogP contribution in [0.15, 0.2) is 0 Å². The zero-order valence-electron chi connectivity index (χ0n) is 10.2. The predicted octanol–water partition coefficient (Wildman–Crippen LogP) is 2.72. The van der Waals surface area contributed by atoms with Crippen LogP contribution in [0.25, 0.3) is 0 Å². The minimum atomic E-state index is 0.415. The van der Waals surface area contributed by atoms with Crippen molar-refractivity contribution in [3.05, 3.63) is 0 Å². The van der Waals surface area contributed by atoms with Gasteiger partial charge in [-0.2, -0.15) is 0 Å². The molecule has 0 aromatic heterocycles. The zero-order valence-corrected chi connectivity index (χ0v) is 10.2. The molecule has 2 fully saturated rings. The molecule has 0 spiro atoms. The lowest BCUT2D eigenvalue weighted by Gasteiger charge is -2.34. The molecule has 2 saturated carbocycles. The van der Waals surface area contributed by atoms with Crippen LogP contribution in [0.5, 0.6) is 0 Å². The van der Waals surface area contributed by atoms with E-state index in [0.29, 0.717) is 5.54 Å². The highest BCUT2D eigenvalue weighted by Gasteiger charge is 2.38. The molecule has 0 radical (unpaired) electrons. The first-order valence-corrected chi connectivity index (χ1v) is 6.52. The predicted molar refractivity (Wildman–Crippen MR) is 63.0 cm³/mol. The summed E-state index contributed by atoms with van der Waals surface area (Å²) in [5, 5.41) is 3.91. The molecule has 2 heteroatoms. The SMILES string of the molecule is COCCC1(NC(C)C2CC2)CCCC1. The van der Waals surface area contributed by atoms with E-state index in [2.05, 4.69) is 12.2 Å². The highest BCUT2D eigenvalue weighted by Crippen LogP contribution is 2.38. The van der Waals surface area contributed by atoms with E-state index in [1.54, 1.807) is 0 Å². The van der Waals surface area contributed by atoms with Gasteiger partial charge in [0.25, 0.3) is 0 Å². The van der Waals surface area contributed by atoms with Crippen LogP contribution in [-0.4, -0.2) is 25.3 Å². The third kappa shape index (κ3) is 2.94. The van der Waals surface area contributed by atoms with Gasteiger partial charge in [0.1, 0.15) is 0 Å². The summed E-state index contributed by atoms with van der Waals surface area (Å²) in [5.74, 6) is 0.963. The van der Waals surface area contributed by atoms with Crippen LogP contribution in [0.4, 0.5) is 0 Å². The van der Waals surface area contributed by atoms with Gasteiger partial charge in [0.2, 0.25) is 0 Å². The van der Waals surface area contributed by atoms with E-state index >= 15 is 0 Å². The van der Waals surface area contributed by atoms with E-state index in [9.17, 15) is 0 Å². The lowest BCUT2D eigenvalue weighted by atomic mass is 9.92. The molecule has 0 saturated heterocycles. The van der Waals surface area contributed by atoms with E-state index in [4.69, 9.17) is 4.74 Å².